The third-order valence-corrected chi connectivity index (χ3v) is 4.73. The number of thiophene rings is 2. The topological polar surface area (TPSA) is 30.2 Å². The molecule has 4 rings (SSSR count). The number of imidazole rings is 1. The Morgan fingerprint density at radius 1 is 0.895 bits per heavy atom. The molecule has 0 aliphatic heterocycles. The first kappa shape index (κ1) is 10.9. The van der Waals surface area contributed by atoms with Crippen molar-refractivity contribution in [1.29, 1.82) is 0 Å². The molecule has 0 aliphatic carbocycles. The predicted molar refractivity (Wildman–Crippen MR) is 79.6 cm³/mol. The van der Waals surface area contributed by atoms with E-state index in [4.69, 9.17) is 0 Å². The van der Waals surface area contributed by atoms with Crippen molar-refractivity contribution < 1.29 is 0 Å². The fraction of sp³-hybridized carbons (Fsp3) is 0. The first-order valence-corrected chi connectivity index (χ1v) is 7.58. The second-order valence-electron chi connectivity index (χ2n) is 4.10. The van der Waals surface area contributed by atoms with Gasteiger partial charge in [0.15, 0.2) is 5.65 Å². The smallest absolute Gasteiger partial charge is 0.155 e. The number of fused-ring (bicyclic) bond motifs is 1. The van der Waals surface area contributed by atoms with Crippen LogP contribution in [0.1, 0.15) is 0 Å². The van der Waals surface area contributed by atoms with Crippen LogP contribution < -0.4 is 0 Å². The zero-order valence-corrected chi connectivity index (χ0v) is 11.5. The molecular formula is C14H9N3S2. The van der Waals surface area contributed by atoms with Crippen LogP contribution in [0.3, 0.4) is 0 Å². The van der Waals surface area contributed by atoms with Crippen LogP contribution in [0.4, 0.5) is 0 Å². The molecule has 0 radical (unpaired) electrons. The molecule has 0 bridgehead atoms. The summed E-state index contributed by atoms with van der Waals surface area (Å²) in [7, 11) is 0. The molecule has 3 nitrogen and oxygen atoms in total. The van der Waals surface area contributed by atoms with Crippen LogP contribution in [0.25, 0.3) is 26.8 Å². The molecule has 4 heterocycles. The number of rotatable bonds is 2. The van der Waals surface area contributed by atoms with Crippen LogP contribution in [-0.4, -0.2) is 14.4 Å². The Morgan fingerprint density at radius 3 is 2.42 bits per heavy atom. The van der Waals surface area contributed by atoms with E-state index in [1.807, 2.05) is 18.5 Å². The van der Waals surface area contributed by atoms with Gasteiger partial charge in [0.1, 0.15) is 0 Å². The maximum absolute atomic E-state index is 4.47. The number of hydrogen-bond donors (Lipinski definition) is 0. The van der Waals surface area contributed by atoms with Gasteiger partial charge in [0.2, 0.25) is 0 Å². The predicted octanol–water partition coefficient (Wildman–Crippen LogP) is 4.19. The van der Waals surface area contributed by atoms with E-state index in [2.05, 4.69) is 49.5 Å². The lowest BCUT2D eigenvalue weighted by Gasteiger charge is -2.01. The highest BCUT2D eigenvalue weighted by Crippen LogP contribution is 2.28. The Bertz CT molecular complexity index is 814. The SMILES string of the molecule is c1csc(-c2cn3c(-c4cccs4)cnc3cn2)c1. The summed E-state index contributed by atoms with van der Waals surface area (Å²) in [5.41, 5.74) is 2.98. The van der Waals surface area contributed by atoms with Crippen molar-refractivity contribution >= 4 is 28.3 Å². The summed E-state index contributed by atoms with van der Waals surface area (Å²) in [6.07, 6.45) is 5.79. The highest BCUT2D eigenvalue weighted by molar-refractivity contribution is 7.13. The molecule has 0 aromatic carbocycles. The minimum absolute atomic E-state index is 0.878. The van der Waals surface area contributed by atoms with Gasteiger partial charge >= 0.3 is 0 Å². The average molecular weight is 283 g/mol. The average Bonchev–Trinajstić information content (AvgIpc) is 3.18. The van der Waals surface area contributed by atoms with Crippen molar-refractivity contribution in [1.82, 2.24) is 14.4 Å². The Morgan fingerprint density at radius 2 is 1.68 bits per heavy atom. The van der Waals surface area contributed by atoms with Crippen LogP contribution in [0.5, 0.6) is 0 Å². The molecule has 0 fully saturated rings. The number of aromatic nitrogens is 3. The lowest BCUT2D eigenvalue weighted by molar-refractivity contribution is 1.14. The van der Waals surface area contributed by atoms with Crippen LogP contribution >= 0.6 is 22.7 Å². The quantitative estimate of drug-likeness (QED) is 0.552. The minimum Gasteiger partial charge on any atom is -0.295 e. The van der Waals surface area contributed by atoms with E-state index in [-0.39, 0.29) is 0 Å². The molecular weight excluding hydrogens is 274 g/mol. The van der Waals surface area contributed by atoms with Gasteiger partial charge in [0, 0.05) is 6.20 Å². The van der Waals surface area contributed by atoms with Crippen molar-refractivity contribution in [3.8, 4) is 21.1 Å². The van der Waals surface area contributed by atoms with Gasteiger partial charge < -0.3 is 0 Å². The van der Waals surface area contributed by atoms with E-state index in [9.17, 15) is 0 Å². The van der Waals surface area contributed by atoms with Crippen molar-refractivity contribution in [2.24, 2.45) is 0 Å². The van der Waals surface area contributed by atoms with Gasteiger partial charge in [-0.25, -0.2) is 9.97 Å². The zero-order valence-electron chi connectivity index (χ0n) is 9.85. The molecule has 0 amide bonds. The largest absolute Gasteiger partial charge is 0.295 e. The Labute approximate surface area is 117 Å². The molecule has 5 heteroatoms. The van der Waals surface area contributed by atoms with Crippen molar-refractivity contribution in [3.63, 3.8) is 0 Å². The van der Waals surface area contributed by atoms with Crippen molar-refractivity contribution in [2.75, 3.05) is 0 Å². The summed E-state index contributed by atoms with van der Waals surface area (Å²) in [5.74, 6) is 0. The fourth-order valence-corrected chi connectivity index (χ4v) is 3.47. The summed E-state index contributed by atoms with van der Waals surface area (Å²) in [5, 5.41) is 4.14. The Hall–Kier alpha value is -1.98. The lowest BCUT2D eigenvalue weighted by atomic mass is 10.3. The first-order valence-electron chi connectivity index (χ1n) is 5.83. The summed E-state index contributed by atoms with van der Waals surface area (Å²) < 4.78 is 2.11. The maximum Gasteiger partial charge on any atom is 0.155 e. The summed E-state index contributed by atoms with van der Waals surface area (Å²) >= 11 is 3.42. The van der Waals surface area contributed by atoms with Gasteiger partial charge in [-0.2, -0.15) is 0 Å². The molecule has 92 valence electrons. The molecule has 4 aromatic heterocycles. The molecule has 0 N–H and O–H groups in total. The summed E-state index contributed by atoms with van der Waals surface area (Å²) in [6, 6.07) is 8.29. The van der Waals surface area contributed by atoms with E-state index in [1.54, 1.807) is 22.7 Å². The third-order valence-electron chi connectivity index (χ3n) is 2.94. The highest BCUT2D eigenvalue weighted by Gasteiger charge is 2.09. The van der Waals surface area contributed by atoms with Gasteiger partial charge in [-0.3, -0.25) is 4.40 Å². The van der Waals surface area contributed by atoms with Crippen LogP contribution in [0.2, 0.25) is 0 Å². The summed E-state index contributed by atoms with van der Waals surface area (Å²) in [6.45, 7) is 0. The van der Waals surface area contributed by atoms with E-state index < -0.39 is 0 Å². The number of nitrogens with zero attached hydrogens (tertiary/aromatic N) is 3. The Kier molecular flexibility index (Phi) is 2.46. The van der Waals surface area contributed by atoms with E-state index >= 15 is 0 Å². The summed E-state index contributed by atoms with van der Waals surface area (Å²) in [4.78, 5) is 11.3. The molecule has 0 aliphatic rings. The Balaban J connectivity index is 1.95. The lowest BCUT2D eigenvalue weighted by Crippen LogP contribution is -1.90. The molecule has 19 heavy (non-hydrogen) atoms. The molecule has 0 saturated carbocycles. The van der Waals surface area contributed by atoms with Gasteiger partial charge in [0.25, 0.3) is 0 Å². The van der Waals surface area contributed by atoms with Gasteiger partial charge in [-0.1, -0.05) is 12.1 Å². The van der Waals surface area contributed by atoms with E-state index in [1.165, 1.54) is 9.75 Å². The first-order chi connectivity index (χ1) is 9.42. The maximum atomic E-state index is 4.47. The normalized spacial score (nSPS) is 11.2. The monoisotopic (exact) mass is 283 g/mol. The van der Waals surface area contributed by atoms with Crippen LogP contribution in [0.15, 0.2) is 53.6 Å². The molecule has 0 unspecified atom stereocenters. The minimum atomic E-state index is 0.878. The number of hydrogen-bond acceptors (Lipinski definition) is 4. The van der Waals surface area contributed by atoms with E-state index in [0.29, 0.717) is 0 Å². The second kappa shape index (κ2) is 4.29. The van der Waals surface area contributed by atoms with Crippen molar-refractivity contribution in [3.05, 3.63) is 53.6 Å². The van der Waals surface area contributed by atoms with E-state index in [0.717, 1.165) is 17.0 Å². The van der Waals surface area contributed by atoms with Gasteiger partial charge in [-0.15, -0.1) is 22.7 Å². The van der Waals surface area contributed by atoms with Gasteiger partial charge in [0.05, 0.1) is 33.5 Å². The second-order valence-corrected chi connectivity index (χ2v) is 5.99. The standard InChI is InChI=1S/C14H9N3S2/c1-3-12(18-5-1)10-9-17-11(13-4-2-6-19-13)7-16-14(17)8-15-10/h1-9H. The third kappa shape index (κ3) is 1.78. The van der Waals surface area contributed by atoms with Crippen LogP contribution in [0, 0.1) is 0 Å². The fourth-order valence-electron chi connectivity index (χ4n) is 2.05. The van der Waals surface area contributed by atoms with Crippen molar-refractivity contribution in [2.45, 2.75) is 0 Å². The van der Waals surface area contributed by atoms with Crippen LogP contribution in [-0.2, 0) is 0 Å². The van der Waals surface area contributed by atoms with Gasteiger partial charge in [-0.05, 0) is 22.9 Å². The molecule has 0 spiro atoms. The highest BCUT2D eigenvalue weighted by atomic mass is 32.1. The molecule has 4 aromatic rings. The molecule has 0 atom stereocenters. The molecule has 0 saturated heterocycles. The zero-order chi connectivity index (χ0) is 12.7.